The average Bonchev–Trinajstić information content (AvgIpc) is 2.48. The molecule has 0 spiro atoms. The highest BCUT2D eigenvalue weighted by molar-refractivity contribution is 5.74. The van der Waals surface area contributed by atoms with E-state index < -0.39 is 36.9 Å². The van der Waals surface area contributed by atoms with Crippen molar-refractivity contribution in [2.45, 2.75) is 64.3 Å². The molecule has 0 aromatic heterocycles. The maximum atomic E-state index is 12.3. The molecule has 0 saturated carbocycles. The highest BCUT2D eigenvalue weighted by Crippen LogP contribution is 2.21. The summed E-state index contributed by atoms with van der Waals surface area (Å²) in [7, 11) is 1.31. The molecule has 1 aliphatic rings. The van der Waals surface area contributed by atoms with E-state index in [9.17, 15) is 22.8 Å². The van der Waals surface area contributed by atoms with Crippen LogP contribution in [0.5, 0.6) is 0 Å². The fraction of sp³-hybridized carbons (Fsp3) is 0.875. The van der Waals surface area contributed by atoms with Gasteiger partial charge in [0.25, 0.3) is 0 Å². The Morgan fingerprint density at radius 1 is 1.24 bits per heavy atom. The molecule has 146 valence electrons. The number of alkyl halides is 3. The lowest BCUT2D eigenvalue weighted by atomic mass is 10.0. The first-order valence-corrected chi connectivity index (χ1v) is 8.44. The zero-order chi connectivity index (χ0) is 19.3. The molecular formula is C16H28F3N3O3. The van der Waals surface area contributed by atoms with Crippen molar-refractivity contribution in [3.05, 3.63) is 0 Å². The quantitative estimate of drug-likeness (QED) is 0.829. The minimum absolute atomic E-state index is 0.189. The number of ether oxygens (including phenoxy) is 1. The number of amides is 3. The first-order chi connectivity index (χ1) is 11.4. The number of carbonyl (C=O) groups is 2. The van der Waals surface area contributed by atoms with Gasteiger partial charge in [0.05, 0.1) is 12.5 Å². The van der Waals surface area contributed by atoms with E-state index in [1.807, 2.05) is 0 Å². The molecule has 1 unspecified atom stereocenters. The molecule has 1 saturated heterocycles. The van der Waals surface area contributed by atoms with E-state index in [0.717, 1.165) is 17.7 Å². The molecule has 9 heteroatoms. The maximum Gasteiger partial charge on any atom is 0.410 e. The Bertz CT molecular complexity index is 464. The first-order valence-electron chi connectivity index (χ1n) is 8.44. The van der Waals surface area contributed by atoms with E-state index in [4.69, 9.17) is 4.74 Å². The Morgan fingerprint density at radius 2 is 1.88 bits per heavy atom. The number of likely N-dealkylation sites (tertiary alicyclic amines) is 1. The molecular weight excluding hydrogens is 339 g/mol. The van der Waals surface area contributed by atoms with E-state index in [1.165, 1.54) is 7.05 Å². The van der Waals surface area contributed by atoms with Gasteiger partial charge in [0.2, 0.25) is 0 Å². The molecule has 1 rings (SSSR count). The Kier molecular flexibility index (Phi) is 7.37. The van der Waals surface area contributed by atoms with E-state index in [1.54, 1.807) is 25.7 Å². The van der Waals surface area contributed by atoms with Crippen molar-refractivity contribution in [1.82, 2.24) is 15.1 Å². The number of urea groups is 1. The Hall–Kier alpha value is -1.67. The topological polar surface area (TPSA) is 61.9 Å². The zero-order valence-corrected chi connectivity index (χ0v) is 15.3. The second-order valence-corrected chi connectivity index (χ2v) is 7.30. The molecule has 1 atom stereocenters. The van der Waals surface area contributed by atoms with E-state index in [2.05, 4.69) is 5.32 Å². The average molecular weight is 367 g/mol. The van der Waals surface area contributed by atoms with Crippen LogP contribution in [0.2, 0.25) is 0 Å². The molecule has 1 heterocycles. The molecule has 1 aliphatic heterocycles. The van der Waals surface area contributed by atoms with E-state index >= 15 is 0 Å². The van der Waals surface area contributed by atoms with Crippen molar-refractivity contribution in [2.24, 2.45) is 0 Å². The molecule has 3 amide bonds. The van der Waals surface area contributed by atoms with Crippen LogP contribution in [0.1, 0.15) is 46.5 Å². The van der Waals surface area contributed by atoms with Gasteiger partial charge in [-0.05, 0) is 40.0 Å². The molecule has 0 aliphatic carbocycles. The van der Waals surface area contributed by atoms with Gasteiger partial charge in [-0.25, -0.2) is 9.59 Å². The summed E-state index contributed by atoms with van der Waals surface area (Å²) in [6, 6.07) is -0.803. The van der Waals surface area contributed by atoms with Gasteiger partial charge < -0.3 is 19.9 Å². The van der Waals surface area contributed by atoms with Crippen molar-refractivity contribution < 1.29 is 27.5 Å². The molecule has 0 aromatic carbocycles. The summed E-state index contributed by atoms with van der Waals surface area (Å²) in [5, 5.41) is 2.61. The highest BCUT2D eigenvalue weighted by Gasteiger charge is 2.31. The van der Waals surface area contributed by atoms with Crippen LogP contribution in [0.3, 0.4) is 0 Å². The number of nitrogens with zero attached hydrogens (tertiary/aromatic N) is 2. The molecule has 1 N–H and O–H groups in total. The van der Waals surface area contributed by atoms with Gasteiger partial charge in [0.1, 0.15) is 5.60 Å². The standard InChI is InChI=1S/C16H28F3N3O3/c1-15(2,3)25-14(24)22-9-6-5-7-12(22)11-20-13(23)21(4)10-8-16(17,18)19/h12H,5-11H2,1-4H3,(H,20,23). The van der Waals surface area contributed by atoms with Crippen LogP contribution in [-0.4, -0.2) is 66.4 Å². The Labute approximate surface area is 146 Å². The van der Waals surface area contributed by atoms with Gasteiger partial charge in [-0.2, -0.15) is 13.2 Å². The van der Waals surface area contributed by atoms with Crippen LogP contribution in [0.25, 0.3) is 0 Å². The highest BCUT2D eigenvalue weighted by atomic mass is 19.4. The number of rotatable bonds is 4. The van der Waals surface area contributed by atoms with Crippen molar-refractivity contribution >= 4 is 12.1 Å². The van der Waals surface area contributed by atoms with Crippen molar-refractivity contribution in [2.75, 3.05) is 26.7 Å². The third kappa shape index (κ3) is 8.31. The Balaban J connectivity index is 2.52. The second-order valence-electron chi connectivity index (χ2n) is 7.30. The van der Waals surface area contributed by atoms with Crippen LogP contribution in [0.15, 0.2) is 0 Å². The lowest BCUT2D eigenvalue weighted by Gasteiger charge is -2.37. The zero-order valence-electron chi connectivity index (χ0n) is 15.3. The van der Waals surface area contributed by atoms with Crippen molar-refractivity contribution in [3.63, 3.8) is 0 Å². The summed E-state index contributed by atoms with van der Waals surface area (Å²) in [4.78, 5) is 26.8. The molecule has 1 fully saturated rings. The normalized spacial score (nSPS) is 18.7. The summed E-state index contributed by atoms with van der Waals surface area (Å²) >= 11 is 0. The van der Waals surface area contributed by atoms with Crippen molar-refractivity contribution in [1.29, 1.82) is 0 Å². The van der Waals surface area contributed by atoms with E-state index in [0.29, 0.717) is 13.0 Å². The van der Waals surface area contributed by atoms with Gasteiger partial charge >= 0.3 is 18.3 Å². The molecule has 0 radical (unpaired) electrons. The van der Waals surface area contributed by atoms with Crippen LogP contribution in [0.4, 0.5) is 22.8 Å². The fourth-order valence-corrected chi connectivity index (χ4v) is 2.51. The third-order valence-corrected chi connectivity index (χ3v) is 3.82. The number of carbonyl (C=O) groups excluding carboxylic acids is 2. The second kappa shape index (κ2) is 8.62. The minimum atomic E-state index is -4.30. The van der Waals surface area contributed by atoms with Gasteiger partial charge in [0, 0.05) is 26.7 Å². The summed E-state index contributed by atoms with van der Waals surface area (Å²) in [6.45, 7) is 5.66. The molecule has 0 aromatic rings. The van der Waals surface area contributed by atoms with Gasteiger partial charge in [-0.3, -0.25) is 0 Å². The Morgan fingerprint density at radius 3 is 2.44 bits per heavy atom. The van der Waals surface area contributed by atoms with Gasteiger partial charge in [-0.1, -0.05) is 0 Å². The van der Waals surface area contributed by atoms with Crippen LogP contribution < -0.4 is 5.32 Å². The minimum Gasteiger partial charge on any atom is -0.444 e. The summed E-state index contributed by atoms with van der Waals surface area (Å²) in [5.74, 6) is 0. The SMILES string of the molecule is CN(CCC(F)(F)F)C(=O)NCC1CCCCN1C(=O)OC(C)(C)C. The third-order valence-electron chi connectivity index (χ3n) is 3.82. The van der Waals surface area contributed by atoms with E-state index in [-0.39, 0.29) is 12.6 Å². The van der Waals surface area contributed by atoms with Gasteiger partial charge in [0.15, 0.2) is 0 Å². The molecule has 0 bridgehead atoms. The smallest absolute Gasteiger partial charge is 0.410 e. The maximum absolute atomic E-state index is 12.3. The lowest BCUT2D eigenvalue weighted by Crippen LogP contribution is -2.52. The van der Waals surface area contributed by atoms with Crippen LogP contribution >= 0.6 is 0 Å². The molecule has 25 heavy (non-hydrogen) atoms. The monoisotopic (exact) mass is 367 g/mol. The van der Waals surface area contributed by atoms with Gasteiger partial charge in [-0.15, -0.1) is 0 Å². The largest absolute Gasteiger partial charge is 0.444 e. The number of hydrogen-bond acceptors (Lipinski definition) is 3. The first kappa shape index (κ1) is 21.4. The predicted octanol–water partition coefficient (Wildman–Crippen LogP) is 3.37. The summed E-state index contributed by atoms with van der Waals surface area (Å²) < 4.78 is 42.0. The number of piperidine rings is 1. The predicted molar refractivity (Wildman–Crippen MR) is 87.3 cm³/mol. The van der Waals surface area contributed by atoms with Crippen LogP contribution in [0, 0.1) is 0 Å². The fourth-order valence-electron chi connectivity index (χ4n) is 2.51. The summed E-state index contributed by atoms with van der Waals surface area (Å²) in [6.07, 6.45) is -3.29. The molecule has 6 nitrogen and oxygen atoms in total. The summed E-state index contributed by atoms with van der Waals surface area (Å²) in [5.41, 5.74) is -0.611. The van der Waals surface area contributed by atoms with Crippen molar-refractivity contribution in [3.8, 4) is 0 Å². The lowest BCUT2D eigenvalue weighted by molar-refractivity contribution is -0.136. The number of halogens is 3. The van der Waals surface area contributed by atoms with Crippen LogP contribution in [-0.2, 0) is 4.74 Å². The number of nitrogens with one attached hydrogen (secondary N) is 1. The number of hydrogen-bond donors (Lipinski definition) is 1.